The topological polar surface area (TPSA) is 36.7 Å². The van der Waals surface area contributed by atoms with Gasteiger partial charge < -0.3 is 0 Å². The largest absolute Gasteiger partial charge is 0.251 e. The van der Waals surface area contributed by atoms with Gasteiger partial charge in [-0.3, -0.25) is 4.98 Å². The van der Waals surface area contributed by atoms with Crippen LogP contribution in [0.25, 0.3) is 11.3 Å². The average molecular weight is 287 g/mol. The highest BCUT2D eigenvalue weighted by Crippen LogP contribution is 2.29. The van der Waals surface area contributed by atoms with Gasteiger partial charge in [-0.2, -0.15) is 5.26 Å². The van der Waals surface area contributed by atoms with Gasteiger partial charge in [0.1, 0.15) is 6.07 Å². The van der Waals surface area contributed by atoms with Crippen molar-refractivity contribution in [2.45, 2.75) is 13.8 Å². The van der Waals surface area contributed by atoms with Crippen molar-refractivity contribution in [3.63, 3.8) is 0 Å². The van der Waals surface area contributed by atoms with Gasteiger partial charge in [-0.15, -0.1) is 0 Å². The number of nitrogens with zero attached hydrogens (tertiary/aromatic N) is 2. The molecule has 0 aliphatic heterocycles. The van der Waals surface area contributed by atoms with Gasteiger partial charge in [0.25, 0.3) is 0 Å². The van der Waals surface area contributed by atoms with Gasteiger partial charge in [0.15, 0.2) is 0 Å². The highest BCUT2D eigenvalue weighted by molar-refractivity contribution is 9.10. The van der Waals surface area contributed by atoms with Crippen molar-refractivity contribution in [3.05, 3.63) is 51.6 Å². The maximum absolute atomic E-state index is 9.27. The van der Waals surface area contributed by atoms with Crippen LogP contribution in [-0.2, 0) is 0 Å². The van der Waals surface area contributed by atoms with Crippen molar-refractivity contribution in [1.29, 1.82) is 5.26 Å². The predicted octanol–water partition coefficient (Wildman–Crippen LogP) is 4.00. The van der Waals surface area contributed by atoms with Gasteiger partial charge in [-0.25, -0.2) is 0 Å². The molecule has 0 saturated carbocycles. The predicted molar refractivity (Wildman–Crippen MR) is 71.6 cm³/mol. The Morgan fingerprint density at radius 3 is 2.41 bits per heavy atom. The van der Waals surface area contributed by atoms with Crippen LogP contribution in [0.5, 0.6) is 0 Å². The second-order valence-corrected chi connectivity index (χ2v) is 4.63. The van der Waals surface area contributed by atoms with E-state index in [2.05, 4.69) is 27.0 Å². The molecule has 0 atom stereocenters. The van der Waals surface area contributed by atoms with E-state index in [-0.39, 0.29) is 0 Å². The second-order valence-electron chi connectivity index (χ2n) is 3.84. The molecule has 0 radical (unpaired) electrons. The molecule has 1 aromatic heterocycles. The zero-order chi connectivity index (χ0) is 12.4. The molecule has 0 unspecified atom stereocenters. The SMILES string of the molecule is Cc1nc(-c2ccccc2)c(C#N)c(C)c1Br. The fourth-order valence-corrected chi connectivity index (χ4v) is 2.06. The lowest BCUT2D eigenvalue weighted by molar-refractivity contribution is 1.14. The van der Waals surface area contributed by atoms with E-state index in [0.29, 0.717) is 5.56 Å². The molecule has 2 aromatic rings. The van der Waals surface area contributed by atoms with Crippen LogP contribution in [0.3, 0.4) is 0 Å². The lowest BCUT2D eigenvalue weighted by Gasteiger charge is -2.10. The molecule has 0 aliphatic rings. The molecule has 0 fully saturated rings. The molecule has 2 rings (SSSR count). The van der Waals surface area contributed by atoms with Crippen molar-refractivity contribution in [1.82, 2.24) is 4.98 Å². The third kappa shape index (κ3) is 2.09. The first-order chi connectivity index (χ1) is 8.15. The molecular weight excluding hydrogens is 276 g/mol. The molecular formula is C14H11BrN2. The van der Waals surface area contributed by atoms with E-state index >= 15 is 0 Å². The first kappa shape index (κ1) is 11.8. The smallest absolute Gasteiger partial charge is 0.102 e. The molecule has 0 bridgehead atoms. The average Bonchev–Trinajstić information content (AvgIpc) is 2.36. The zero-order valence-electron chi connectivity index (χ0n) is 9.66. The summed E-state index contributed by atoms with van der Waals surface area (Å²) in [5.41, 5.74) is 4.21. The molecule has 3 heteroatoms. The molecule has 2 nitrogen and oxygen atoms in total. The Morgan fingerprint density at radius 1 is 1.18 bits per heavy atom. The maximum atomic E-state index is 9.27. The van der Waals surface area contributed by atoms with E-state index < -0.39 is 0 Å². The number of aromatic nitrogens is 1. The normalized spacial score (nSPS) is 10.0. The van der Waals surface area contributed by atoms with Gasteiger partial charge in [0, 0.05) is 10.0 Å². The molecule has 0 aliphatic carbocycles. The summed E-state index contributed by atoms with van der Waals surface area (Å²) in [7, 11) is 0. The van der Waals surface area contributed by atoms with E-state index in [1.807, 2.05) is 44.2 Å². The highest BCUT2D eigenvalue weighted by atomic mass is 79.9. The highest BCUT2D eigenvalue weighted by Gasteiger charge is 2.14. The lowest BCUT2D eigenvalue weighted by Crippen LogP contribution is -1.97. The first-order valence-electron chi connectivity index (χ1n) is 5.27. The standard InChI is InChI=1S/C14H11BrN2/c1-9-12(8-16)14(17-10(2)13(9)15)11-6-4-3-5-7-11/h3-7H,1-2H3. The molecule has 0 N–H and O–H groups in total. The summed E-state index contributed by atoms with van der Waals surface area (Å²) in [6, 6.07) is 12.0. The van der Waals surface area contributed by atoms with Crippen molar-refractivity contribution in [3.8, 4) is 17.3 Å². The molecule has 0 spiro atoms. The van der Waals surface area contributed by atoms with Crippen molar-refractivity contribution in [2.75, 3.05) is 0 Å². The van der Waals surface area contributed by atoms with Crippen LogP contribution in [-0.4, -0.2) is 4.98 Å². The van der Waals surface area contributed by atoms with Crippen molar-refractivity contribution < 1.29 is 0 Å². The van der Waals surface area contributed by atoms with Crippen LogP contribution in [0.15, 0.2) is 34.8 Å². The third-order valence-corrected chi connectivity index (χ3v) is 3.87. The number of hydrogen-bond donors (Lipinski definition) is 0. The Hall–Kier alpha value is -1.66. The fraction of sp³-hybridized carbons (Fsp3) is 0.143. The number of rotatable bonds is 1. The minimum atomic E-state index is 0.633. The van der Waals surface area contributed by atoms with E-state index in [1.54, 1.807) is 0 Å². The number of halogens is 1. The van der Waals surface area contributed by atoms with Crippen LogP contribution in [0, 0.1) is 25.2 Å². The number of pyridine rings is 1. The van der Waals surface area contributed by atoms with Crippen LogP contribution in [0.1, 0.15) is 16.8 Å². The summed E-state index contributed by atoms with van der Waals surface area (Å²) in [5.74, 6) is 0. The van der Waals surface area contributed by atoms with E-state index in [4.69, 9.17) is 0 Å². The summed E-state index contributed by atoms with van der Waals surface area (Å²) in [6.07, 6.45) is 0. The first-order valence-corrected chi connectivity index (χ1v) is 6.06. The summed E-state index contributed by atoms with van der Waals surface area (Å²) >= 11 is 3.46. The van der Waals surface area contributed by atoms with Gasteiger partial charge in [0.2, 0.25) is 0 Å². The van der Waals surface area contributed by atoms with E-state index in [9.17, 15) is 5.26 Å². The third-order valence-electron chi connectivity index (χ3n) is 2.70. The van der Waals surface area contributed by atoms with Crippen molar-refractivity contribution >= 4 is 15.9 Å². The Morgan fingerprint density at radius 2 is 1.82 bits per heavy atom. The molecule has 0 saturated heterocycles. The van der Waals surface area contributed by atoms with Gasteiger partial charge in [0.05, 0.1) is 17.0 Å². The van der Waals surface area contributed by atoms with Crippen LogP contribution in [0.2, 0.25) is 0 Å². The van der Waals surface area contributed by atoms with Crippen LogP contribution in [0.4, 0.5) is 0 Å². The number of benzene rings is 1. The quantitative estimate of drug-likeness (QED) is 0.795. The zero-order valence-corrected chi connectivity index (χ0v) is 11.2. The van der Waals surface area contributed by atoms with Crippen LogP contribution < -0.4 is 0 Å². The van der Waals surface area contributed by atoms with Gasteiger partial charge in [-0.1, -0.05) is 30.3 Å². The molecule has 17 heavy (non-hydrogen) atoms. The Kier molecular flexibility index (Phi) is 3.26. The fourth-order valence-electron chi connectivity index (χ4n) is 1.77. The molecule has 0 amide bonds. The molecule has 84 valence electrons. The Labute approximate surface area is 109 Å². The molecule has 1 aromatic carbocycles. The Bertz CT molecular complexity index is 598. The number of aryl methyl sites for hydroxylation is 1. The lowest BCUT2D eigenvalue weighted by atomic mass is 10.0. The van der Waals surface area contributed by atoms with E-state index in [1.165, 1.54) is 0 Å². The summed E-state index contributed by atoms with van der Waals surface area (Å²) in [6.45, 7) is 3.87. The van der Waals surface area contributed by atoms with Crippen LogP contribution >= 0.6 is 15.9 Å². The monoisotopic (exact) mass is 286 g/mol. The maximum Gasteiger partial charge on any atom is 0.102 e. The summed E-state index contributed by atoms with van der Waals surface area (Å²) in [5, 5.41) is 9.27. The summed E-state index contributed by atoms with van der Waals surface area (Å²) < 4.78 is 0.911. The van der Waals surface area contributed by atoms with Gasteiger partial charge >= 0.3 is 0 Å². The van der Waals surface area contributed by atoms with Crippen molar-refractivity contribution in [2.24, 2.45) is 0 Å². The minimum Gasteiger partial charge on any atom is -0.251 e. The summed E-state index contributed by atoms with van der Waals surface area (Å²) in [4.78, 5) is 4.51. The minimum absolute atomic E-state index is 0.633. The number of hydrogen-bond acceptors (Lipinski definition) is 2. The molecule has 1 heterocycles. The second kappa shape index (κ2) is 4.68. The Balaban J connectivity index is 2.76. The van der Waals surface area contributed by atoms with E-state index in [0.717, 1.165) is 27.0 Å². The van der Waals surface area contributed by atoms with Gasteiger partial charge in [-0.05, 0) is 35.3 Å². The number of nitriles is 1.